The average molecular weight is 667 g/mol. The summed E-state index contributed by atoms with van der Waals surface area (Å²) >= 11 is 0. The van der Waals surface area contributed by atoms with Crippen molar-refractivity contribution in [1.29, 1.82) is 0 Å². The van der Waals surface area contributed by atoms with E-state index >= 15 is 0 Å². The van der Waals surface area contributed by atoms with Gasteiger partial charge in [-0.05, 0) is 60.5 Å². The minimum absolute atomic E-state index is 0.00587. The fraction of sp³-hybridized carbons (Fsp3) is 0.152. The Hall–Kier alpha value is -7.02. The number of anilines is 1. The number of nitrogens with two attached hydrogens (primary N) is 3. The van der Waals surface area contributed by atoms with E-state index in [2.05, 4.69) is 32.5 Å². The number of carbonyl (C=O) groups excluding carboxylic acids is 5. The maximum atomic E-state index is 13.2. The van der Waals surface area contributed by atoms with E-state index in [-0.39, 0.29) is 48.1 Å². The van der Waals surface area contributed by atoms with Crippen molar-refractivity contribution < 1.29 is 38.6 Å². The summed E-state index contributed by atoms with van der Waals surface area (Å²) in [4.78, 5) is 79.6. The second-order valence-corrected chi connectivity index (χ2v) is 10.3. The Labute approximate surface area is 279 Å². The van der Waals surface area contributed by atoms with Gasteiger partial charge in [0.25, 0.3) is 24.2 Å². The first-order valence-corrected chi connectivity index (χ1v) is 14.5. The molecule has 16 nitrogen and oxygen atoms in total. The molecule has 1 unspecified atom stereocenters. The molecule has 5 amide bonds. The molecule has 0 aromatic heterocycles. The minimum Gasteiger partial charge on any atom is -0.483 e. The molecule has 250 valence electrons. The van der Waals surface area contributed by atoms with Gasteiger partial charge in [0.05, 0.1) is 17.7 Å². The molecular formula is C33H30N8O8. The van der Waals surface area contributed by atoms with Gasteiger partial charge in [-0.25, -0.2) is 4.99 Å². The van der Waals surface area contributed by atoms with E-state index in [4.69, 9.17) is 31.8 Å². The second-order valence-electron chi connectivity index (χ2n) is 10.3. The van der Waals surface area contributed by atoms with Crippen LogP contribution >= 0.6 is 0 Å². The molecule has 0 aliphatic carbocycles. The highest BCUT2D eigenvalue weighted by atomic mass is 16.5. The van der Waals surface area contributed by atoms with Gasteiger partial charge in [-0.2, -0.15) is 4.99 Å². The first-order valence-electron chi connectivity index (χ1n) is 14.5. The number of benzene rings is 3. The summed E-state index contributed by atoms with van der Waals surface area (Å²) in [6.07, 6.45) is 0.0357. The van der Waals surface area contributed by atoms with Crippen LogP contribution in [0.3, 0.4) is 0 Å². The fourth-order valence-electron chi connectivity index (χ4n) is 4.76. The highest BCUT2D eigenvalue weighted by Gasteiger charge is 2.46. The Kier molecular flexibility index (Phi) is 11.4. The number of amides is 5. The van der Waals surface area contributed by atoms with Gasteiger partial charge in [-0.3, -0.25) is 39.0 Å². The first kappa shape index (κ1) is 34.8. The van der Waals surface area contributed by atoms with E-state index in [1.807, 2.05) is 24.3 Å². The summed E-state index contributed by atoms with van der Waals surface area (Å²) in [7, 11) is 0. The standard InChI is InChI=1S/C32H28N8O6.CH2O2/c33-31(34)39-32(35)36-16-20-8-6-18(7-9-20)4-5-19-10-12-21(13-11-19)37-26(42)17-46-24-3-1-2-22-27(24)30(45)40(29(22)44)23-14-15-25(41)38-28(23)43;2-1-3/h1-3,6-13,23H,14-17H2,(H,37,42)(H,38,41,43)(H6,33,34,35,36,39);1H,(H,2,3). The molecule has 0 radical (unpaired) electrons. The van der Waals surface area contributed by atoms with Crippen LogP contribution in [0.4, 0.5) is 5.69 Å². The van der Waals surface area contributed by atoms with E-state index in [0.717, 1.165) is 21.6 Å². The maximum absolute atomic E-state index is 13.2. The number of piperidine rings is 1. The lowest BCUT2D eigenvalue weighted by Crippen LogP contribution is -2.54. The van der Waals surface area contributed by atoms with Crippen molar-refractivity contribution in [2.45, 2.75) is 25.4 Å². The number of guanidine groups is 2. The quantitative estimate of drug-likeness (QED) is 0.0656. The Bertz CT molecular complexity index is 1910. The topological polar surface area (TPSA) is 262 Å². The highest BCUT2D eigenvalue weighted by molar-refractivity contribution is 6.24. The number of nitrogens with zero attached hydrogens (tertiary/aromatic N) is 3. The van der Waals surface area contributed by atoms with Crippen LogP contribution in [0.1, 0.15) is 50.2 Å². The third-order valence-corrected chi connectivity index (χ3v) is 6.93. The van der Waals surface area contributed by atoms with Crippen LogP contribution in [0.25, 0.3) is 0 Å². The van der Waals surface area contributed by atoms with Gasteiger partial charge >= 0.3 is 0 Å². The zero-order valence-corrected chi connectivity index (χ0v) is 25.7. The highest BCUT2D eigenvalue weighted by Crippen LogP contribution is 2.33. The van der Waals surface area contributed by atoms with Crippen molar-refractivity contribution in [3.8, 4) is 17.6 Å². The molecule has 3 aromatic rings. The van der Waals surface area contributed by atoms with Gasteiger partial charge in [0.1, 0.15) is 11.8 Å². The normalized spacial score (nSPS) is 15.1. The van der Waals surface area contributed by atoms with Crippen LogP contribution in [0, 0.1) is 11.8 Å². The molecule has 1 atom stereocenters. The summed E-state index contributed by atoms with van der Waals surface area (Å²) < 4.78 is 5.63. The largest absolute Gasteiger partial charge is 0.483 e. The monoisotopic (exact) mass is 666 g/mol. The Balaban J connectivity index is 0.00000174. The zero-order chi connectivity index (χ0) is 35.5. The summed E-state index contributed by atoms with van der Waals surface area (Å²) in [5.74, 6) is 2.91. The lowest BCUT2D eigenvalue weighted by atomic mass is 10.0. The molecule has 9 N–H and O–H groups in total. The molecule has 1 saturated heterocycles. The number of fused-ring (bicyclic) bond motifs is 1. The molecule has 2 aliphatic rings. The van der Waals surface area contributed by atoms with Gasteiger partial charge in [0.15, 0.2) is 12.6 Å². The van der Waals surface area contributed by atoms with Gasteiger partial charge in [0, 0.05) is 23.2 Å². The number of aliphatic imine (C=N–C) groups is 2. The third kappa shape index (κ3) is 9.04. The predicted molar refractivity (Wildman–Crippen MR) is 176 cm³/mol. The molecule has 49 heavy (non-hydrogen) atoms. The first-order chi connectivity index (χ1) is 23.5. The van der Waals surface area contributed by atoms with Crippen LogP contribution in [0.5, 0.6) is 5.75 Å². The van der Waals surface area contributed by atoms with Crippen LogP contribution in [0.15, 0.2) is 76.7 Å². The van der Waals surface area contributed by atoms with E-state index in [0.29, 0.717) is 12.2 Å². The van der Waals surface area contributed by atoms with E-state index in [1.54, 1.807) is 24.3 Å². The molecule has 16 heteroatoms. The van der Waals surface area contributed by atoms with Crippen molar-refractivity contribution >= 4 is 53.6 Å². The summed E-state index contributed by atoms with van der Waals surface area (Å²) in [6, 6.07) is 17.6. The number of rotatable bonds is 7. The van der Waals surface area contributed by atoms with Crippen molar-refractivity contribution in [3.05, 3.63) is 94.5 Å². The second kappa shape index (κ2) is 16.0. The van der Waals surface area contributed by atoms with E-state index < -0.39 is 42.2 Å². The number of ether oxygens (including phenoxy) is 1. The van der Waals surface area contributed by atoms with Crippen molar-refractivity contribution in [3.63, 3.8) is 0 Å². The molecule has 2 heterocycles. The Morgan fingerprint density at radius 1 is 0.980 bits per heavy atom. The van der Waals surface area contributed by atoms with Crippen LogP contribution in [0.2, 0.25) is 0 Å². The molecule has 0 bridgehead atoms. The van der Waals surface area contributed by atoms with E-state index in [1.165, 1.54) is 18.2 Å². The van der Waals surface area contributed by atoms with Gasteiger partial charge in [-0.1, -0.05) is 30.0 Å². The van der Waals surface area contributed by atoms with E-state index in [9.17, 15) is 24.0 Å². The maximum Gasteiger partial charge on any atom is 0.290 e. The smallest absolute Gasteiger partial charge is 0.290 e. The van der Waals surface area contributed by atoms with Crippen molar-refractivity contribution in [2.24, 2.45) is 27.2 Å². The van der Waals surface area contributed by atoms with Crippen LogP contribution in [-0.4, -0.2) is 70.6 Å². The lowest BCUT2D eigenvalue weighted by molar-refractivity contribution is -0.136. The number of hydrogen-bond donors (Lipinski definition) is 6. The average Bonchev–Trinajstić information content (AvgIpc) is 3.32. The lowest BCUT2D eigenvalue weighted by Gasteiger charge is -2.27. The van der Waals surface area contributed by atoms with Gasteiger partial charge < -0.3 is 32.4 Å². The predicted octanol–water partition coefficient (Wildman–Crippen LogP) is 0.294. The third-order valence-electron chi connectivity index (χ3n) is 6.93. The van der Waals surface area contributed by atoms with Gasteiger partial charge in [-0.15, -0.1) is 0 Å². The van der Waals surface area contributed by atoms with Gasteiger partial charge in [0.2, 0.25) is 17.8 Å². The molecule has 3 aromatic carbocycles. The number of imide groups is 2. The summed E-state index contributed by atoms with van der Waals surface area (Å²) in [5, 5.41) is 11.7. The van der Waals surface area contributed by atoms with Crippen molar-refractivity contribution in [2.75, 3.05) is 11.9 Å². The van der Waals surface area contributed by atoms with Crippen LogP contribution < -0.4 is 32.6 Å². The Morgan fingerprint density at radius 2 is 1.61 bits per heavy atom. The number of hydrogen-bond acceptors (Lipinski definition) is 8. The molecule has 5 rings (SSSR count). The molecule has 2 aliphatic heterocycles. The summed E-state index contributed by atoms with van der Waals surface area (Å²) in [6.45, 7) is -0.386. The minimum atomic E-state index is -1.11. The zero-order valence-electron chi connectivity index (χ0n) is 25.7. The number of nitrogens with one attached hydrogen (secondary N) is 2. The fourth-order valence-corrected chi connectivity index (χ4v) is 4.76. The molecular weight excluding hydrogens is 636 g/mol. The SMILES string of the molecule is NC(N)=NC(N)=NCc1ccc(C#Cc2ccc(NC(=O)COc3cccc4c3C(=O)N(C3CCC(=O)NC3=O)C4=O)cc2)cc1.O=CO. The number of carboxylic acid groups (broad SMARTS) is 1. The molecule has 0 spiro atoms. The molecule has 0 saturated carbocycles. The van der Waals surface area contributed by atoms with Crippen molar-refractivity contribution in [1.82, 2.24) is 10.2 Å². The molecule has 1 fully saturated rings. The number of carbonyl (C=O) groups is 6. The summed E-state index contributed by atoms with van der Waals surface area (Å²) in [5.41, 5.74) is 19.1. The Morgan fingerprint density at radius 3 is 2.22 bits per heavy atom. The van der Waals surface area contributed by atoms with Crippen LogP contribution in [-0.2, 0) is 25.7 Å².